The minimum absolute atomic E-state index is 0. The van der Waals surface area contributed by atoms with E-state index < -0.39 is 0 Å². The first-order chi connectivity index (χ1) is 5.21. The van der Waals surface area contributed by atoms with Crippen LogP contribution in [-0.2, 0) is 0 Å². The van der Waals surface area contributed by atoms with E-state index in [1.807, 2.05) is 0 Å². The standard InChI is InChI=1S/C8H16N2O.ClH/c1-8(2-3-9-6-8)10-4-7(11)5-10;/h7,9,11H,2-6H2,1H3;1H. The van der Waals surface area contributed by atoms with Gasteiger partial charge >= 0.3 is 0 Å². The van der Waals surface area contributed by atoms with Gasteiger partial charge in [0, 0.05) is 25.2 Å². The van der Waals surface area contributed by atoms with Crippen molar-refractivity contribution >= 4 is 12.4 Å². The molecular formula is C8H17ClN2O. The third-order valence-corrected chi connectivity index (χ3v) is 2.97. The summed E-state index contributed by atoms with van der Waals surface area (Å²) in [7, 11) is 0. The first kappa shape index (κ1) is 10.3. The molecule has 1 unspecified atom stereocenters. The number of aliphatic hydroxyl groups is 1. The molecule has 0 spiro atoms. The predicted molar refractivity (Wildman–Crippen MR) is 50.7 cm³/mol. The highest BCUT2D eigenvalue weighted by molar-refractivity contribution is 5.85. The number of likely N-dealkylation sites (tertiary alicyclic amines) is 1. The number of nitrogens with one attached hydrogen (secondary N) is 1. The van der Waals surface area contributed by atoms with E-state index in [0.717, 1.165) is 26.2 Å². The van der Waals surface area contributed by atoms with Crippen molar-refractivity contribution in [2.24, 2.45) is 0 Å². The second-order valence-corrected chi connectivity index (χ2v) is 3.98. The molecule has 2 fully saturated rings. The van der Waals surface area contributed by atoms with Crippen molar-refractivity contribution in [3.05, 3.63) is 0 Å². The first-order valence-electron chi connectivity index (χ1n) is 4.34. The molecule has 0 aromatic carbocycles. The Morgan fingerprint density at radius 3 is 2.58 bits per heavy atom. The number of hydrogen-bond donors (Lipinski definition) is 2. The van der Waals surface area contributed by atoms with Crippen LogP contribution in [0.4, 0.5) is 0 Å². The van der Waals surface area contributed by atoms with Crippen LogP contribution >= 0.6 is 12.4 Å². The van der Waals surface area contributed by atoms with Crippen molar-refractivity contribution in [3.63, 3.8) is 0 Å². The van der Waals surface area contributed by atoms with E-state index in [1.165, 1.54) is 6.42 Å². The number of aliphatic hydroxyl groups excluding tert-OH is 1. The zero-order valence-electron chi connectivity index (χ0n) is 7.42. The summed E-state index contributed by atoms with van der Waals surface area (Å²) in [6.45, 7) is 6.23. The maximum Gasteiger partial charge on any atom is 0.0794 e. The smallest absolute Gasteiger partial charge is 0.0794 e. The molecule has 0 saturated carbocycles. The van der Waals surface area contributed by atoms with Crippen LogP contribution in [0.3, 0.4) is 0 Å². The van der Waals surface area contributed by atoms with Crippen LogP contribution in [0.1, 0.15) is 13.3 Å². The second kappa shape index (κ2) is 3.50. The van der Waals surface area contributed by atoms with Gasteiger partial charge in [-0.2, -0.15) is 0 Å². The molecule has 1 atom stereocenters. The third-order valence-electron chi connectivity index (χ3n) is 2.97. The molecule has 2 aliphatic rings. The molecule has 0 aromatic heterocycles. The van der Waals surface area contributed by atoms with Crippen LogP contribution in [-0.4, -0.2) is 47.8 Å². The normalized spacial score (nSPS) is 37.5. The van der Waals surface area contributed by atoms with Gasteiger partial charge in [-0.05, 0) is 19.9 Å². The van der Waals surface area contributed by atoms with Crippen molar-refractivity contribution in [3.8, 4) is 0 Å². The van der Waals surface area contributed by atoms with Crippen LogP contribution in [0.2, 0.25) is 0 Å². The summed E-state index contributed by atoms with van der Waals surface area (Å²) in [6, 6.07) is 0. The molecule has 12 heavy (non-hydrogen) atoms. The molecule has 2 saturated heterocycles. The summed E-state index contributed by atoms with van der Waals surface area (Å²) in [5.41, 5.74) is 0.333. The van der Waals surface area contributed by atoms with Gasteiger partial charge in [0.15, 0.2) is 0 Å². The fourth-order valence-electron chi connectivity index (χ4n) is 1.97. The Balaban J connectivity index is 0.000000720. The van der Waals surface area contributed by atoms with E-state index in [4.69, 9.17) is 5.11 Å². The molecular weight excluding hydrogens is 176 g/mol. The highest BCUT2D eigenvalue weighted by Crippen LogP contribution is 2.27. The monoisotopic (exact) mass is 192 g/mol. The van der Waals surface area contributed by atoms with Crippen molar-refractivity contribution < 1.29 is 5.11 Å². The van der Waals surface area contributed by atoms with Crippen LogP contribution in [0.25, 0.3) is 0 Å². The van der Waals surface area contributed by atoms with Gasteiger partial charge < -0.3 is 10.4 Å². The molecule has 2 heterocycles. The van der Waals surface area contributed by atoms with E-state index in [0.29, 0.717) is 5.54 Å². The van der Waals surface area contributed by atoms with Crippen LogP contribution < -0.4 is 5.32 Å². The Labute approximate surface area is 79.5 Å². The van der Waals surface area contributed by atoms with Crippen molar-refractivity contribution in [1.82, 2.24) is 10.2 Å². The lowest BCUT2D eigenvalue weighted by Crippen LogP contribution is -2.61. The van der Waals surface area contributed by atoms with Crippen molar-refractivity contribution in [2.75, 3.05) is 26.2 Å². The lowest BCUT2D eigenvalue weighted by molar-refractivity contribution is -0.0543. The Bertz CT molecular complexity index is 153. The molecule has 0 aromatic rings. The van der Waals surface area contributed by atoms with Gasteiger partial charge in [-0.25, -0.2) is 0 Å². The lowest BCUT2D eigenvalue weighted by Gasteiger charge is -2.47. The molecule has 72 valence electrons. The van der Waals surface area contributed by atoms with Gasteiger partial charge in [0.05, 0.1) is 6.10 Å². The number of rotatable bonds is 1. The molecule has 0 amide bonds. The molecule has 4 heteroatoms. The topological polar surface area (TPSA) is 35.5 Å². The molecule has 0 aliphatic carbocycles. The average Bonchev–Trinajstić information content (AvgIpc) is 2.30. The van der Waals surface area contributed by atoms with Gasteiger partial charge in [-0.1, -0.05) is 0 Å². The zero-order chi connectivity index (χ0) is 7.90. The molecule has 2 aliphatic heterocycles. The fourth-order valence-corrected chi connectivity index (χ4v) is 1.97. The summed E-state index contributed by atoms with van der Waals surface area (Å²) in [5.74, 6) is 0. The minimum atomic E-state index is -0.0626. The molecule has 2 rings (SSSR count). The van der Waals surface area contributed by atoms with Gasteiger partial charge in [0.25, 0.3) is 0 Å². The third kappa shape index (κ3) is 1.59. The highest BCUT2D eigenvalue weighted by atomic mass is 35.5. The molecule has 2 N–H and O–H groups in total. The van der Waals surface area contributed by atoms with Crippen LogP contribution in [0.15, 0.2) is 0 Å². The maximum atomic E-state index is 9.13. The lowest BCUT2D eigenvalue weighted by atomic mass is 9.94. The number of hydrogen-bond acceptors (Lipinski definition) is 3. The zero-order valence-corrected chi connectivity index (χ0v) is 8.23. The summed E-state index contributed by atoms with van der Waals surface area (Å²) >= 11 is 0. The van der Waals surface area contributed by atoms with E-state index in [-0.39, 0.29) is 18.5 Å². The maximum absolute atomic E-state index is 9.13. The van der Waals surface area contributed by atoms with Gasteiger partial charge in [-0.3, -0.25) is 4.90 Å². The van der Waals surface area contributed by atoms with E-state index in [2.05, 4.69) is 17.1 Å². The van der Waals surface area contributed by atoms with Gasteiger partial charge in [0.1, 0.15) is 0 Å². The van der Waals surface area contributed by atoms with Crippen molar-refractivity contribution in [1.29, 1.82) is 0 Å². The molecule has 0 radical (unpaired) electrons. The van der Waals surface area contributed by atoms with Crippen LogP contribution in [0, 0.1) is 0 Å². The summed E-state index contributed by atoms with van der Waals surface area (Å²) in [6.07, 6.45) is 1.16. The SMILES string of the molecule is CC1(N2CC(O)C2)CCNC1.Cl. The predicted octanol–water partition coefficient (Wildman–Crippen LogP) is -0.163. The Morgan fingerprint density at radius 1 is 1.50 bits per heavy atom. The molecule has 0 bridgehead atoms. The number of halogens is 1. The minimum Gasteiger partial charge on any atom is -0.390 e. The largest absolute Gasteiger partial charge is 0.390 e. The summed E-state index contributed by atoms with van der Waals surface area (Å²) in [5, 5.41) is 12.5. The first-order valence-corrected chi connectivity index (χ1v) is 4.34. The van der Waals surface area contributed by atoms with Gasteiger partial charge in [0.2, 0.25) is 0 Å². The Kier molecular flexibility index (Phi) is 2.99. The highest BCUT2D eigenvalue weighted by Gasteiger charge is 2.41. The van der Waals surface area contributed by atoms with E-state index in [1.54, 1.807) is 0 Å². The summed E-state index contributed by atoms with van der Waals surface area (Å²) < 4.78 is 0. The Hall–Kier alpha value is 0.170. The quantitative estimate of drug-likeness (QED) is 0.606. The number of β-amino-alcohol motifs (C(OH)–C–C–N with tert-alkyl or cyclic N) is 1. The second-order valence-electron chi connectivity index (χ2n) is 3.98. The summed E-state index contributed by atoms with van der Waals surface area (Å²) in [4.78, 5) is 2.37. The Morgan fingerprint density at radius 2 is 2.17 bits per heavy atom. The van der Waals surface area contributed by atoms with Gasteiger partial charge in [-0.15, -0.1) is 12.4 Å². The van der Waals surface area contributed by atoms with Crippen molar-refractivity contribution in [2.45, 2.75) is 25.0 Å². The number of nitrogens with zero attached hydrogens (tertiary/aromatic N) is 1. The molecule has 3 nitrogen and oxygen atoms in total. The van der Waals surface area contributed by atoms with E-state index >= 15 is 0 Å². The fraction of sp³-hybridized carbons (Fsp3) is 1.00. The average molecular weight is 193 g/mol. The van der Waals surface area contributed by atoms with E-state index in [9.17, 15) is 0 Å². The van der Waals surface area contributed by atoms with Crippen LogP contribution in [0.5, 0.6) is 0 Å².